The molecule has 0 aliphatic rings. The van der Waals surface area contributed by atoms with Gasteiger partial charge < -0.3 is 10.5 Å². The van der Waals surface area contributed by atoms with Crippen molar-refractivity contribution in [2.75, 3.05) is 12.8 Å². The van der Waals surface area contributed by atoms with E-state index in [1.165, 1.54) is 25.3 Å². The Morgan fingerprint density at radius 1 is 1.21 bits per heavy atom. The minimum atomic E-state index is -0.493. The summed E-state index contributed by atoms with van der Waals surface area (Å²) in [5.41, 5.74) is 7.96. The van der Waals surface area contributed by atoms with Gasteiger partial charge in [-0.25, -0.2) is 4.39 Å². The predicted octanol–water partition coefficient (Wildman–Crippen LogP) is 2.96. The van der Waals surface area contributed by atoms with Crippen LogP contribution in [0.25, 0.3) is 0 Å². The normalized spacial score (nSPS) is 10.3. The third-order valence-electron chi connectivity index (χ3n) is 2.91. The fourth-order valence-corrected chi connectivity index (χ4v) is 1.90. The summed E-state index contributed by atoms with van der Waals surface area (Å²) in [6.07, 6.45) is 0. The van der Waals surface area contributed by atoms with Crippen LogP contribution in [-0.4, -0.2) is 12.9 Å². The summed E-state index contributed by atoms with van der Waals surface area (Å²) < 4.78 is 18.2. The molecule has 3 nitrogen and oxygen atoms in total. The van der Waals surface area contributed by atoms with Crippen LogP contribution >= 0.6 is 0 Å². The average Bonchev–Trinajstić information content (AvgIpc) is 2.38. The maximum absolute atomic E-state index is 13.3. The van der Waals surface area contributed by atoms with Crippen molar-refractivity contribution in [1.29, 1.82) is 0 Å². The molecule has 0 aromatic heterocycles. The average molecular weight is 259 g/mol. The van der Waals surface area contributed by atoms with E-state index in [-0.39, 0.29) is 11.5 Å². The predicted molar refractivity (Wildman–Crippen MR) is 72.0 cm³/mol. The van der Waals surface area contributed by atoms with Crippen LogP contribution in [-0.2, 0) is 0 Å². The van der Waals surface area contributed by atoms with Crippen molar-refractivity contribution >= 4 is 11.5 Å². The van der Waals surface area contributed by atoms with Crippen LogP contribution in [0.1, 0.15) is 21.5 Å². The SMILES string of the molecule is COc1cc(C(=O)c2ccc(N)cc2C)ccc1F. The van der Waals surface area contributed by atoms with Crippen molar-refractivity contribution < 1.29 is 13.9 Å². The number of halogens is 1. The van der Waals surface area contributed by atoms with Crippen LogP contribution in [0.5, 0.6) is 5.75 Å². The monoisotopic (exact) mass is 259 g/mol. The smallest absolute Gasteiger partial charge is 0.193 e. The number of ether oxygens (including phenoxy) is 1. The lowest BCUT2D eigenvalue weighted by atomic mass is 9.98. The second-order valence-electron chi connectivity index (χ2n) is 4.25. The number of aryl methyl sites for hydroxylation is 1. The van der Waals surface area contributed by atoms with Crippen LogP contribution in [0, 0.1) is 12.7 Å². The standard InChI is InChI=1S/C15H14FNO2/c1-9-7-11(17)4-5-12(9)15(18)10-3-6-13(16)14(8-10)19-2/h3-8H,17H2,1-2H3. The molecule has 0 aliphatic heterocycles. The van der Waals surface area contributed by atoms with Gasteiger partial charge >= 0.3 is 0 Å². The first kappa shape index (κ1) is 13.1. The van der Waals surface area contributed by atoms with Crippen LogP contribution in [0.3, 0.4) is 0 Å². The molecule has 0 heterocycles. The summed E-state index contributed by atoms with van der Waals surface area (Å²) in [4.78, 5) is 12.3. The van der Waals surface area contributed by atoms with Crippen LogP contribution in [0.15, 0.2) is 36.4 Å². The molecule has 4 heteroatoms. The molecule has 0 saturated carbocycles. The quantitative estimate of drug-likeness (QED) is 0.681. The molecule has 0 radical (unpaired) electrons. The van der Waals surface area contributed by atoms with E-state index in [4.69, 9.17) is 10.5 Å². The lowest BCUT2D eigenvalue weighted by molar-refractivity contribution is 0.103. The van der Waals surface area contributed by atoms with Gasteiger partial charge in [-0.2, -0.15) is 0 Å². The first-order valence-corrected chi connectivity index (χ1v) is 5.77. The Morgan fingerprint density at radius 3 is 2.58 bits per heavy atom. The lowest BCUT2D eigenvalue weighted by Crippen LogP contribution is -2.05. The maximum Gasteiger partial charge on any atom is 0.193 e. The van der Waals surface area contributed by atoms with Crippen LogP contribution < -0.4 is 10.5 Å². The lowest BCUT2D eigenvalue weighted by Gasteiger charge is -2.08. The minimum absolute atomic E-state index is 0.0546. The van der Waals surface area contributed by atoms with Crippen molar-refractivity contribution in [2.45, 2.75) is 6.92 Å². The molecule has 19 heavy (non-hydrogen) atoms. The minimum Gasteiger partial charge on any atom is -0.494 e. The second kappa shape index (κ2) is 5.10. The number of methoxy groups -OCH3 is 1. The van der Waals surface area contributed by atoms with E-state index < -0.39 is 5.82 Å². The van der Waals surface area contributed by atoms with Crippen molar-refractivity contribution in [1.82, 2.24) is 0 Å². The highest BCUT2D eigenvalue weighted by atomic mass is 19.1. The summed E-state index contributed by atoms with van der Waals surface area (Å²) >= 11 is 0. The molecule has 0 unspecified atom stereocenters. The van der Waals surface area contributed by atoms with Crippen molar-refractivity contribution in [3.63, 3.8) is 0 Å². The van der Waals surface area contributed by atoms with E-state index in [0.717, 1.165) is 5.56 Å². The van der Waals surface area contributed by atoms with Gasteiger partial charge in [0.1, 0.15) is 0 Å². The topological polar surface area (TPSA) is 52.3 Å². The maximum atomic E-state index is 13.3. The van der Waals surface area contributed by atoms with E-state index in [2.05, 4.69) is 0 Å². The van der Waals surface area contributed by atoms with Gasteiger partial charge in [0.15, 0.2) is 17.3 Å². The van der Waals surface area contributed by atoms with Gasteiger partial charge in [0, 0.05) is 16.8 Å². The molecule has 0 spiro atoms. The summed E-state index contributed by atoms with van der Waals surface area (Å²) in [7, 11) is 1.36. The first-order chi connectivity index (χ1) is 9.02. The number of hydrogen-bond donors (Lipinski definition) is 1. The number of rotatable bonds is 3. The number of ketones is 1. The number of nitrogen functional groups attached to an aromatic ring is 1. The van der Waals surface area contributed by atoms with E-state index in [9.17, 15) is 9.18 Å². The Kier molecular flexibility index (Phi) is 3.51. The summed E-state index contributed by atoms with van der Waals surface area (Å²) in [5, 5.41) is 0. The molecule has 0 atom stereocenters. The largest absolute Gasteiger partial charge is 0.494 e. The Morgan fingerprint density at radius 2 is 1.95 bits per heavy atom. The zero-order valence-corrected chi connectivity index (χ0v) is 10.7. The Labute approximate surface area is 110 Å². The van der Waals surface area contributed by atoms with Gasteiger partial charge in [-0.05, 0) is 48.9 Å². The summed E-state index contributed by atoms with van der Waals surface area (Å²) in [6, 6.07) is 9.12. The highest BCUT2D eigenvalue weighted by Crippen LogP contribution is 2.22. The van der Waals surface area contributed by atoms with Gasteiger partial charge in [0.2, 0.25) is 0 Å². The molecule has 2 rings (SSSR count). The first-order valence-electron chi connectivity index (χ1n) is 5.77. The van der Waals surface area contributed by atoms with E-state index in [1.807, 2.05) is 6.92 Å². The van der Waals surface area contributed by atoms with Crippen LogP contribution in [0.2, 0.25) is 0 Å². The van der Waals surface area contributed by atoms with Gasteiger partial charge in [-0.3, -0.25) is 4.79 Å². The molecular formula is C15H14FNO2. The highest BCUT2D eigenvalue weighted by Gasteiger charge is 2.14. The summed E-state index contributed by atoms with van der Waals surface area (Å²) in [5.74, 6) is -0.622. The molecule has 0 fully saturated rings. The third kappa shape index (κ3) is 2.57. The van der Waals surface area contributed by atoms with Gasteiger partial charge in [0.25, 0.3) is 0 Å². The van der Waals surface area contributed by atoms with Crippen molar-refractivity contribution in [3.8, 4) is 5.75 Å². The second-order valence-corrected chi connectivity index (χ2v) is 4.25. The molecule has 98 valence electrons. The molecule has 0 saturated heterocycles. The number of benzene rings is 2. The van der Waals surface area contributed by atoms with Crippen molar-refractivity contribution in [2.24, 2.45) is 0 Å². The number of carbonyl (C=O) groups is 1. The zero-order valence-electron chi connectivity index (χ0n) is 10.7. The number of anilines is 1. The Hall–Kier alpha value is -2.36. The highest BCUT2D eigenvalue weighted by molar-refractivity contribution is 6.10. The van der Waals surface area contributed by atoms with E-state index >= 15 is 0 Å². The Bertz CT molecular complexity index is 638. The van der Waals surface area contributed by atoms with Gasteiger partial charge in [0.05, 0.1) is 7.11 Å². The molecule has 2 aromatic carbocycles. The molecule has 0 aliphatic carbocycles. The number of hydrogen-bond acceptors (Lipinski definition) is 3. The van der Waals surface area contributed by atoms with Crippen LogP contribution in [0.4, 0.5) is 10.1 Å². The van der Waals surface area contributed by atoms with Gasteiger partial charge in [-0.15, -0.1) is 0 Å². The van der Waals surface area contributed by atoms with Crippen molar-refractivity contribution in [3.05, 3.63) is 58.9 Å². The Balaban J connectivity index is 2.44. The fraction of sp³-hybridized carbons (Fsp3) is 0.133. The van der Waals surface area contributed by atoms with E-state index in [0.29, 0.717) is 16.8 Å². The molecular weight excluding hydrogens is 245 g/mol. The molecule has 2 aromatic rings. The number of nitrogens with two attached hydrogens (primary N) is 1. The fourth-order valence-electron chi connectivity index (χ4n) is 1.90. The molecule has 0 bridgehead atoms. The summed E-state index contributed by atoms with van der Waals surface area (Å²) in [6.45, 7) is 1.81. The number of carbonyl (C=O) groups excluding carboxylic acids is 1. The third-order valence-corrected chi connectivity index (χ3v) is 2.91. The van der Waals surface area contributed by atoms with Gasteiger partial charge in [-0.1, -0.05) is 0 Å². The molecule has 2 N–H and O–H groups in total. The zero-order chi connectivity index (χ0) is 14.0. The molecule has 0 amide bonds. The van der Waals surface area contributed by atoms with E-state index in [1.54, 1.807) is 18.2 Å².